The van der Waals surface area contributed by atoms with Crippen molar-refractivity contribution in [2.24, 2.45) is 0 Å². The van der Waals surface area contributed by atoms with E-state index in [0.29, 0.717) is 5.56 Å². The fourth-order valence-corrected chi connectivity index (χ4v) is 2.58. The Morgan fingerprint density at radius 3 is 2.36 bits per heavy atom. The first-order chi connectivity index (χ1) is 11.7. The second-order valence-corrected chi connectivity index (χ2v) is 5.47. The number of nitrogens with zero attached hydrogens (tertiary/aromatic N) is 2. The highest BCUT2D eigenvalue weighted by atomic mass is 19.4. The topological polar surface area (TPSA) is 68.0 Å². The van der Waals surface area contributed by atoms with E-state index in [4.69, 9.17) is 0 Å². The Kier molecular flexibility index (Phi) is 3.82. The number of halogens is 3. The molecule has 2 aromatic carbocycles. The first-order valence-corrected chi connectivity index (χ1v) is 7.18. The van der Waals surface area contributed by atoms with Crippen molar-refractivity contribution in [1.29, 1.82) is 0 Å². The van der Waals surface area contributed by atoms with Crippen molar-refractivity contribution in [3.05, 3.63) is 81.2 Å². The van der Waals surface area contributed by atoms with E-state index in [1.807, 2.05) is 0 Å². The van der Waals surface area contributed by atoms with Crippen LogP contribution in [0.15, 0.2) is 48.5 Å². The number of aromatic nitrogens is 2. The van der Waals surface area contributed by atoms with Gasteiger partial charge >= 0.3 is 11.9 Å². The van der Waals surface area contributed by atoms with Gasteiger partial charge in [0.15, 0.2) is 0 Å². The van der Waals surface area contributed by atoms with Crippen molar-refractivity contribution < 1.29 is 22.4 Å². The molecular formula is C17H11F3N2O3. The lowest BCUT2D eigenvalue weighted by atomic mass is 10.1. The molecule has 3 aromatic rings. The first-order valence-electron chi connectivity index (χ1n) is 7.18. The van der Waals surface area contributed by atoms with Crippen LogP contribution in [0, 0.1) is 17.0 Å². The maximum absolute atomic E-state index is 13.5. The van der Waals surface area contributed by atoms with Crippen molar-refractivity contribution >= 4 is 16.8 Å². The van der Waals surface area contributed by atoms with Gasteiger partial charge in [-0.3, -0.25) is 4.79 Å². The Morgan fingerprint density at radius 1 is 1.12 bits per heavy atom. The molecule has 0 spiro atoms. The average molecular weight is 348 g/mol. The van der Waals surface area contributed by atoms with Gasteiger partial charge in [-0.15, -0.1) is 0 Å². The number of aryl methyl sites for hydroxylation is 1. The molecule has 0 aliphatic heterocycles. The molecule has 0 fully saturated rings. The Hall–Kier alpha value is -3.16. The maximum Gasteiger partial charge on any atom is 0.438 e. The minimum Gasteiger partial charge on any atom is -0.805 e. The second-order valence-electron chi connectivity index (χ2n) is 5.47. The number of ketones is 1. The van der Waals surface area contributed by atoms with Crippen molar-refractivity contribution in [3.8, 4) is 0 Å². The minimum absolute atomic E-state index is 0.121. The quantitative estimate of drug-likeness (QED) is 0.526. The SMILES string of the molecule is Cc1ccc2c(c1)n([O-])c(C(F)(F)F)c(C(=O)c1ccccc1)[n+]2=O. The van der Waals surface area contributed by atoms with Gasteiger partial charge in [-0.2, -0.15) is 13.2 Å². The molecule has 8 heteroatoms. The second kappa shape index (κ2) is 5.73. The number of carbonyl (C=O) groups excluding carboxylic acids is 1. The zero-order valence-electron chi connectivity index (χ0n) is 12.9. The van der Waals surface area contributed by atoms with Crippen molar-refractivity contribution in [1.82, 2.24) is 4.73 Å². The fraction of sp³-hybridized carbons (Fsp3) is 0.118. The van der Waals surface area contributed by atoms with E-state index in [1.54, 1.807) is 13.0 Å². The van der Waals surface area contributed by atoms with E-state index in [9.17, 15) is 28.1 Å². The van der Waals surface area contributed by atoms with Gasteiger partial charge in [0.05, 0.1) is 4.43 Å². The minimum atomic E-state index is -5.17. The van der Waals surface area contributed by atoms with Gasteiger partial charge in [-0.25, -0.2) is 0 Å². The van der Waals surface area contributed by atoms with Gasteiger partial charge in [0, 0.05) is 16.5 Å². The molecular weight excluding hydrogens is 337 g/mol. The summed E-state index contributed by atoms with van der Waals surface area (Å²) in [6.45, 7) is 1.57. The highest BCUT2D eigenvalue weighted by molar-refractivity contribution is 6.08. The van der Waals surface area contributed by atoms with E-state index < -0.39 is 33.6 Å². The summed E-state index contributed by atoms with van der Waals surface area (Å²) in [7, 11) is 0. The van der Waals surface area contributed by atoms with Crippen molar-refractivity contribution in [2.75, 3.05) is 0 Å². The maximum atomic E-state index is 13.5. The first kappa shape index (κ1) is 16.7. The van der Waals surface area contributed by atoms with Gasteiger partial charge < -0.3 is 9.94 Å². The van der Waals surface area contributed by atoms with Crippen LogP contribution in [0.5, 0.6) is 0 Å². The van der Waals surface area contributed by atoms with Crippen LogP contribution in [0.3, 0.4) is 0 Å². The summed E-state index contributed by atoms with van der Waals surface area (Å²) in [5.41, 5.74) is -3.45. The lowest BCUT2D eigenvalue weighted by Gasteiger charge is -2.20. The standard InChI is InChI=1S/C17H11F3N2O3/c1-10-7-8-12-13(9-10)22(25)16(17(18,19)20)14(21(12)24)15(23)11-5-3-2-4-6-11/h2-9H,1H3. The molecule has 0 saturated heterocycles. The third-order valence-corrected chi connectivity index (χ3v) is 3.72. The molecule has 0 bridgehead atoms. The molecule has 3 rings (SSSR count). The van der Waals surface area contributed by atoms with E-state index in [1.165, 1.54) is 42.5 Å². The number of hydrogen-bond acceptors (Lipinski definition) is 3. The Balaban J connectivity index is 2.46. The summed E-state index contributed by atoms with van der Waals surface area (Å²) in [5, 5.41) is 12.3. The number of hydrogen-bond donors (Lipinski definition) is 0. The number of carbonyl (C=O) groups is 1. The summed E-state index contributed by atoms with van der Waals surface area (Å²) in [6.07, 6.45) is -5.17. The lowest BCUT2D eigenvalue weighted by Crippen LogP contribution is -2.35. The van der Waals surface area contributed by atoms with Crippen LogP contribution in [0.2, 0.25) is 0 Å². The molecule has 1 aromatic heterocycles. The van der Waals surface area contributed by atoms with Crippen molar-refractivity contribution in [2.45, 2.75) is 13.1 Å². The molecule has 5 nitrogen and oxygen atoms in total. The van der Waals surface area contributed by atoms with Crippen LogP contribution in [0.1, 0.15) is 27.3 Å². The number of benzene rings is 2. The van der Waals surface area contributed by atoms with Crippen LogP contribution in [0.4, 0.5) is 13.2 Å². The highest BCUT2D eigenvalue weighted by Gasteiger charge is 2.45. The normalized spacial score (nSPS) is 11.7. The molecule has 0 aliphatic rings. The zero-order valence-corrected chi connectivity index (χ0v) is 12.9. The Morgan fingerprint density at radius 2 is 1.76 bits per heavy atom. The molecule has 25 heavy (non-hydrogen) atoms. The van der Waals surface area contributed by atoms with Gasteiger partial charge in [0.2, 0.25) is 5.69 Å². The summed E-state index contributed by atoms with van der Waals surface area (Å²) >= 11 is 0. The lowest BCUT2D eigenvalue weighted by molar-refractivity contribution is -0.470. The summed E-state index contributed by atoms with van der Waals surface area (Å²) in [6, 6.07) is 10.9. The third-order valence-electron chi connectivity index (χ3n) is 3.72. The number of rotatable bonds is 2. The molecule has 0 radical (unpaired) electrons. The van der Waals surface area contributed by atoms with Gasteiger partial charge in [-0.1, -0.05) is 36.4 Å². The largest absolute Gasteiger partial charge is 0.805 e. The highest BCUT2D eigenvalue weighted by Crippen LogP contribution is 2.33. The van der Waals surface area contributed by atoms with Crippen LogP contribution >= 0.6 is 0 Å². The molecule has 1 heterocycles. The van der Waals surface area contributed by atoms with E-state index >= 15 is 0 Å². The van der Waals surface area contributed by atoms with Gasteiger partial charge in [0.1, 0.15) is 5.52 Å². The van der Waals surface area contributed by atoms with Crippen LogP contribution in [-0.4, -0.2) is 10.5 Å². The van der Waals surface area contributed by atoms with Crippen molar-refractivity contribution in [3.63, 3.8) is 0 Å². The van der Waals surface area contributed by atoms with Gasteiger partial charge in [-0.05, 0) is 18.6 Å². The molecule has 0 aliphatic carbocycles. The summed E-state index contributed by atoms with van der Waals surface area (Å²) in [4.78, 5) is 25.0. The average Bonchev–Trinajstić information content (AvgIpc) is 2.56. The number of alkyl halides is 3. The van der Waals surface area contributed by atoms with Gasteiger partial charge in [0.25, 0.3) is 11.3 Å². The van der Waals surface area contributed by atoms with E-state index in [0.717, 1.165) is 0 Å². The molecule has 128 valence electrons. The fourth-order valence-electron chi connectivity index (χ4n) is 2.58. The Bertz CT molecular complexity index is 1040. The Labute approximate surface area is 139 Å². The molecule has 0 amide bonds. The third kappa shape index (κ3) is 2.75. The predicted octanol–water partition coefficient (Wildman–Crippen LogP) is 3.46. The molecule has 0 N–H and O–H groups in total. The zero-order chi connectivity index (χ0) is 18.4. The van der Waals surface area contributed by atoms with E-state index in [-0.39, 0.29) is 15.5 Å². The smallest absolute Gasteiger partial charge is 0.438 e. The summed E-state index contributed by atoms with van der Waals surface area (Å²) < 4.78 is 39.9. The monoisotopic (exact) mass is 348 g/mol. The summed E-state index contributed by atoms with van der Waals surface area (Å²) in [5.74, 6) is -1.17. The van der Waals surface area contributed by atoms with Crippen LogP contribution in [-0.2, 0) is 6.18 Å². The number of fused-ring (bicyclic) bond motifs is 1. The van der Waals surface area contributed by atoms with Crippen LogP contribution in [0.25, 0.3) is 11.0 Å². The predicted molar refractivity (Wildman–Crippen MR) is 83.7 cm³/mol. The molecule has 0 saturated carbocycles. The van der Waals surface area contributed by atoms with E-state index in [2.05, 4.69) is 0 Å². The molecule has 0 atom stereocenters. The van der Waals surface area contributed by atoms with Crippen LogP contribution < -0.4 is 4.43 Å². The molecule has 0 unspecified atom stereocenters.